The fourth-order valence-corrected chi connectivity index (χ4v) is 4.83. The van der Waals surface area contributed by atoms with Gasteiger partial charge in [0.25, 0.3) is 11.6 Å². The summed E-state index contributed by atoms with van der Waals surface area (Å²) in [4.78, 5) is 40.1. The number of piperidine rings is 2. The van der Waals surface area contributed by atoms with Crippen LogP contribution >= 0.6 is 0 Å². The quantitative estimate of drug-likeness (QED) is 0.539. The molecule has 8 heteroatoms. The van der Waals surface area contributed by atoms with Crippen molar-refractivity contribution in [2.75, 3.05) is 26.2 Å². The highest BCUT2D eigenvalue weighted by Crippen LogP contribution is 2.25. The summed E-state index contributed by atoms with van der Waals surface area (Å²) in [6.07, 6.45) is 3.47. The van der Waals surface area contributed by atoms with Gasteiger partial charge in [0.15, 0.2) is 0 Å². The van der Waals surface area contributed by atoms with Crippen LogP contribution in [-0.4, -0.2) is 58.8 Å². The summed E-state index contributed by atoms with van der Waals surface area (Å²) in [5.74, 6) is 0.0438. The Morgan fingerprint density at radius 2 is 1.64 bits per heavy atom. The van der Waals surface area contributed by atoms with E-state index in [2.05, 4.69) is 10.2 Å². The van der Waals surface area contributed by atoms with Gasteiger partial charge in [-0.15, -0.1) is 0 Å². The molecule has 2 amide bonds. The average molecular weight is 451 g/mol. The van der Waals surface area contributed by atoms with Crippen molar-refractivity contribution in [3.8, 4) is 0 Å². The number of nitrogens with one attached hydrogen (secondary N) is 1. The zero-order valence-corrected chi connectivity index (χ0v) is 18.7. The Morgan fingerprint density at radius 3 is 2.30 bits per heavy atom. The Kier molecular flexibility index (Phi) is 7.34. The summed E-state index contributed by atoms with van der Waals surface area (Å²) in [5, 5.41) is 14.1. The van der Waals surface area contributed by atoms with E-state index in [-0.39, 0.29) is 23.4 Å². The molecular formula is C25H30N4O4. The van der Waals surface area contributed by atoms with Crippen LogP contribution in [0, 0.1) is 16.0 Å². The number of amides is 2. The molecule has 0 spiro atoms. The molecule has 0 aliphatic carbocycles. The van der Waals surface area contributed by atoms with Crippen LogP contribution in [0.4, 0.5) is 5.69 Å². The summed E-state index contributed by atoms with van der Waals surface area (Å²) in [6, 6.07) is 16.3. The Balaban J connectivity index is 1.21. The van der Waals surface area contributed by atoms with Crippen LogP contribution in [-0.2, 0) is 11.3 Å². The van der Waals surface area contributed by atoms with Crippen molar-refractivity contribution in [3.63, 3.8) is 0 Å². The smallest absolute Gasteiger partial charge is 0.270 e. The van der Waals surface area contributed by atoms with Crippen LogP contribution in [0.25, 0.3) is 0 Å². The first-order valence-electron chi connectivity index (χ1n) is 11.6. The molecule has 4 rings (SSSR count). The van der Waals surface area contributed by atoms with Crippen molar-refractivity contribution >= 4 is 17.5 Å². The largest absolute Gasteiger partial charge is 0.352 e. The monoisotopic (exact) mass is 450 g/mol. The average Bonchev–Trinajstić information content (AvgIpc) is 2.87. The van der Waals surface area contributed by atoms with Gasteiger partial charge in [-0.25, -0.2) is 0 Å². The third-order valence-corrected chi connectivity index (χ3v) is 6.78. The van der Waals surface area contributed by atoms with Crippen LogP contribution < -0.4 is 5.32 Å². The number of rotatable bonds is 6. The van der Waals surface area contributed by atoms with E-state index in [9.17, 15) is 19.7 Å². The second-order valence-corrected chi connectivity index (χ2v) is 8.84. The minimum atomic E-state index is -0.478. The third kappa shape index (κ3) is 5.76. The van der Waals surface area contributed by atoms with Gasteiger partial charge < -0.3 is 15.1 Å². The van der Waals surface area contributed by atoms with Crippen LogP contribution in [0.5, 0.6) is 0 Å². The van der Waals surface area contributed by atoms with Gasteiger partial charge in [-0.1, -0.05) is 36.4 Å². The molecule has 2 heterocycles. The van der Waals surface area contributed by atoms with E-state index < -0.39 is 4.92 Å². The maximum atomic E-state index is 12.8. The number of hydrogen-bond acceptors (Lipinski definition) is 5. The molecule has 1 N–H and O–H groups in total. The van der Waals surface area contributed by atoms with E-state index in [4.69, 9.17) is 0 Å². The first-order valence-corrected chi connectivity index (χ1v) is 11.6. The number of carbonyl (C=O) groups is 2. The summed E-state index contributed by atoms with van der Waals surface area (Å²) >= 11 is 0. The topological polar surface area (TPSA) is 95.8 Å². The third-order valence-electron chi connectivity index (χ3n) is 6.78. The zero-order chi connectivity index (χ0) is 23.2. The predicted octanol–water partition coefficient (Wildman–Crippen LogP) is 3.23. The number of nitro groups is 1. The highest BCUT2D eigenvalue weighted by molar-refractivity contribution is 5.94. The molecule has 2 aliphatic rings. The molecule has 0 saturated carbocycles. The van der Waals surface area contributed by atoms with Crippen molar-refractivity contribution in [3.05, 3.63) is 75.8 Å². The molecule has 8 nitrogen and oxygen atoms in total. The van der Waals surface area contributed by atoms with Crippen molar-refractivity contribution in [1.29, 1.82) is 0 Å². The van der Waals surface area contributed by atoms with Gasteiger partial charge >= 0.3 is 0 Å². The van der Waals surface area contributed by atoms with Gasteiger partial charge in [-0.3, -0.25) is 19.7 Å². The molecule has 2 aliphatic heterocycles. The van der Waals surface area contributed by atoms with Gasteiger partial charge in [0.2, 0.25) is 5.91 Å². The van der Waals surface area contributed by atoms with Crippen molar-refractivity contribution in [2.24, 2.45) is 5.92 Å². The standard InChI is InChI=1S/C25H30N4O4/c30-24(26-18-19-5-2-1-3-6-19)20-9-13-27(14-10-20)22-11-15-28(16-12-22)25(31)21-7-4-8-23(17-21)29(32)33/h1-8,17,20,22H,9-16,18H2,(H,26,30). The summed E-state index contributed by atoms with van der Waals surface area (Å²) in [6.45, 7) is 3.64. The summed E-state index contributed by atoms with van der Waals surface area (Å²) in [7, 11) is 0. The first-order chi connectivity index (χ1) is 16.0. The normalized spacial score (nSPS) is 18.1. The van der Waals surface area contributed by atoms with Gasteiger partial charge in [0.1, 0.15) is 0 Å². The fraction of sp³-hybridized carbons (Fsp3) is 0.440. The number of nitrogens with zero attached hydrogens (tertiary/aromatic N) is 3. The lowest BCUT2D eigenvalue weighted by Gasteiger charge is -2.41. The lowest BCUT2D eigenvalue weighted by molar-refractivity contribution is -0.384. The van der Waals surface area contributed by atoms with Crippen molar-refractivity contribution < 1.29 is 14.5 Å². The molecule has 2 aromatic rings. The molecule has 174 valence electrons. The van der Waals surface area contributed by atoms with Crippen LogP contribution in [0.15, 0.2) is 54.6 Å². The molecule has 2 aromatic carbocycles. The predicted molar refractivity (Wildman–Crippen MR) is 125 cm³/mol. The maximum Gasteiger partial charge on any atom is 0.270 e. The minimum Gasteiger partial charge on any atom is -0.352 e. The Morgan fingerprint density at radius 1 is 0.939 bits per heavy atom. The Labute approximate surface area is 193 Å². The molecule has 33 heavy (non-hydrogen) atoms. The maximum absolute atomic E-state index is 12.8. The molecule has 2 saturated heterocycles. The molecular weight excluding hydrogens is 420 g/mol. The summed E-state index contributed by atoms with van der Waals surface area (Å²) < 4.78 is 0. The highest BCUT2D eigenvalue weighted by atomic mass is 16.6. The van der Waals surface area contributed by atoms with E-state index in [1.807, 2.05) is 30.3 Å². The number of nitro benzene ring substituents is 1. The Bertz CT molecular complexity index is 981. The Hall–Kier alpha value is -3.26. The molecule has 0 bridgehead atoms. The van der Waals surface area contributed by atoms with Crippen LogP contribution in [0.1, 0.15) is 41.6 Å². The molecule has 2 fully saturated rings. The lowest BCUT2D eigenvalue weighted by atomic mass is 9.92. The zero-order valence-electron chi connectivity index (χ0n) is 18.7. The van der Waals surface area contributed by atoms with E-state index in [0.717, 1.165) is 44.3 Å². The van der Waals surface area contributed by atoms with E-state index in [1.54, 1.807) is 17.0 Å². The molecule has 0 unspecified atom stereocenters. The van der Waals surface area contributed by atoms with Crippen molar-refractivity contribution in [1.82, 2.24) is 15.1 Å². The second kappa shape index (κ2) is 10.6. The molecule has 0 aromatic heterocycles. The second-order valence-electron chi connectivity index (χ2n) is 8.84. The number of non-ortho nitro benzene ring substituents is 1. The minimum absolute atomic E-state index is 0.0560. The van der Waals surface area contributed by atoms with Gasteiger partial charge in [0.05, 0.1) is 4.92 Å². The van der Waals surface area contributed by atoms with E-state index >= 15 is 0 Å². The number of benzene rings is 2. The SMILES string of the molecule is O=C(NCc1ccccc1)C1CCN(C2CCN(C(=O)c3cccc([N+](=O)[O-])c3)CC2)CC1. The number of likely N-dealkylation sites (tertiary alicyclic amines) is 2. The van der Waals surface area contributed by atoms with Crippen LogP contribution in [0.3, 0.4) is 0 Å². The highest BCUT2D eigenvalue weighted by Gasteiger charge is 2.32. The van der Waals surface area contributed by atoms with Crippen LogP contribution in [0.2, 0.25) is 0 Å². The van der Waals surface area contributed by atoms with Gasteiger partial charge in [0, 0.05) is 49.3 Å². The van der Waals surface area contributed by atoms with Gasteiger partial charge in [-0.2, -0.15) is 0 Å². The first kappa shape index (κ1) is 22.9. The van der Waals surface area contributed by atoms with Gasteiger partial charge in [-0.05, 0) is 50.4 Å². The molecule has 0 atom stereocenters. The van der Waals surface area contributed by atoms with E-state index in [0.29, 0.717) is 31.2 Å². The number of carbonyl (C=O) groups excluding carboxylic acids is 2. The lowest BCUT2D eigenvalue weighted by Crippen LogP contribution is -2.50. The summed E-state index contributed by atoms with van der Waals surface area (Å²) in [5.41, 5.74) is 1.41. The fourth-order valence-electron chi connectivity index (χ4n) is 4.83. The molecule has 0 radical (unpaired) electrons. The van der Waals surface area contributed by atoms with Crippen molar-refractivity contribution in [2.45, 2.75) is 38.3 Å². The van der Waals surface area contributed by atoms with E-state index in [1.165, 1.54) is 12.1 Å². The number of hydrogen-bond donors (Lipinski definition) is 1.